The summed E-state index contributed by atoms with van der Waals surface area (Å²) in [6, 6.07) is 13.7. The van der Waals surface area contributed by atoms with E-state index < -0.39 is 12.0 Å². The van der Waals surface area contributed by atoms with Crippen molar-refractivity contribution in [2.24, 2.45) is 0 Å². The van der Waals surface area contributed by atoms with Crippen molar-refractivity contribution in [3.8, 4) is 11.5 Å². The Morgan fingerprint density at radius 3 is 2.11 bits per heavy atom. The number of benzene rings is 2. The van der Waals surface area contributed by atoms with E-state index in [0.29, 0.717) is 17.1 Å². The van der Waals surface area contributed by atoms with Crippen molar-refractivity contribution in [2.45, 2.75) is 26.4 Å². The minimum atomic E-state index is -0.741. The largest absolute Gasteiger partial charge is 0.497 e. The molecule has 0 saturated heterocycles. The monoisotopic (exact) mass is 371 g/mol. The van der Waals surface area contributed by atoms with E-state index in [0.717, 1.165) is 5.56 Å². The van der Waals surface area contributed by atoms with E-state index in [1.165, 1.54) is 19.1 Å². The van der Waals surface area contributed by atoms with E-state index in [-0.39, 0.29) is 19.1 Å². The van der Waals surface area contributed by atoms with Crippen molar-refractivity contribution in [3.63, 3.8) is 0 Å². The van der Waals surface area contributed by atoms with Gasteiger partial charge in [-0.25, -0.2) is 4.79 Å². The van der Waals surface area contributed by atoms with Crippen molar-refractivity contribution in [2.75, 3.05) is 20.8 Å². The van der Waals surface area contributed by atoms with Crippen LogP contribution in [0.3, 0.4) is 0 Å². The van der Waals surface area contributed by atoms with Gasteiger partial charge in [-0.15, -0.1) is 0 Å². The van der Waals surface area contributed by atoms with Crippen molar-refractivity contribution < 1.29 is 23.8 Å². The van der Waals surface area contributed by atoms with Crippen LogP contribution in [0.15, 0.2) is 48.5 Å². The van der Waals surface area contributed by atoms with Gasteiger partial charge in [0, 0.05) is 18.2 Å². The Hall–Kier alpha value is -3.02. The second-order valence-corrected chi connectivity index (χ2v) is 5.95. The molecule has 0 aliphatic carbocycles. The van der Waals surface area contributed by atoms with Gasteiger partial charge >= 0.3 is 5.97 Å². The summed E-state index contributed by atoms with van der Waals surface area (Å²) in [7, 11) is 3.04. The van der Waals surface area contributed by atoms with E-state index in [1.807, 2.05) is 30.3 Å². The molecule has 0 saturated carbocycles. The van der Waals surface area contributed by atoms with E-state index >= 15 is 0 Å². The van der Waals surface area contributed by atoms with E-state index in [9.17, 15) is 9.59 Å². The molecule has 27 heavy (non-hydrogen) atoms. The van der Waals surface area contributed by atoms with Gasteiger partial charge in [-0.05, 0) is 31.5 Å². The second-order valence-electron chi connectivity index (χ2n) is 5.95. The predicted octanol–water partition coefficient (Wildman–Crippen LogP) is 3.30. The maximum atomic E-state index is 13.2. The molecule has 1 atom stereocenters. The van der Waals surface area contributed by atoms with Crippen molar-refractivity contribution in [1.29, 1.82) is 0 Å². The zero-order valence-electron chi connectivity index (χ0n) is 16.1. The third-order valence-electron chi connectivity index (χ3n) is 4.15. The Balaban J connectivity index is 2.39. The molecule has 0 heterocycles. The van der Waals surface area contributed by atoms with E-state index in [4.69, 9.17) is 14.2 Å². The number of methoxy groups -OCH3 is 2. The normalized spacial score (nSPS) is 11.4. The summed E-state index contributed by atoms with van der Waals surface area (Å²) in [4.78, 5) is 27.0. The van der Waals surface area contributed by atoms with E-state index in [1.54, 1.807) is 32.0 Å². The quantitative estimate of drug-likeness (QED) is 0.666. The maximum Gasteiger partial charge on any atom is 0.328 e. The molecule has 0 bridgehead atoms. The van der Waals surface area contributed by atoms with E-state index in [2.05, 4.69) is 0 Å². The van der Waals surface area contributed by atoms with Gasteiger partial charge in [0.05, 0.1) is 20.8 Å². The molecule has 0 aliphatic heterocycles. The summed E-state index contributed by atoms with van der Waals surface area (Å²) < 4.78 is 15.6. The smallest absolute Gasteiger partial charge is 0.328 e. The van der Waals surface area contributed by atoms with Crippen LogP contribution in [0.25, 0.3) is 0 Å². The fourth-order valence-electron chi connectivity index (χ4n) is 2.65. The van der Waals surface area contributed by atoms with Crippen LogP contribution in [0.4, 0.5) is 0 Å². The number of ether oxygens (including phenoxy) is 3. The Morgan fingerprint density at radius 1 is 1.00 bits per heavy atom. The van der Waals surface area contributed by atoms with Crippen molar-refractivity contribution >= 4 is 11.9 Å². The van der Waals surface area contributed by atoms with Gasteiger partial charge in [-0.3, -0.25) is 4.79 Å². The molecule has 0 fully saturated rings. The summed E-state index contributed by atoms with van der Waals surface area (Å²) in [6.45, 7) is 3.93. The lowest BCUT2D eigenvalue weighted by molar-refractivity contribution is -0.148. The highest BCUT2D eigenvalue weighted by Gasteiger charge is 2.28. The van der Waals surface area contributed by atoms with Crippen LogP contribution in [-0.2, 0) is 16.1 Å². The Bertz CT molecular complexity index is 753. The maximum absolute atomic E-state index is 13.2. The lowest BCUT2D eigenvalue weighted by atomic mass is 10.1. The van der Waals surface area contributed by atoms with Gasteiger partial charge in [0.2, 0.25) is 0 Å². The van der Waals surface area contributed by atoms with Crippen LogP contribution >= 0.6 is 0 Å². The topological polar surface area (TPSA) is 65.1 Å². The first-order valence-electron chi connectivity index (χ1n) is 8.74. The van der Waals surface area contributed by atoms with Gasteiger partial charge in [0.25, 0.3) is 5.91 Å². The molecular formula is C21H25NO5. The highest BCUT2D eigenvalue weighted by molar-refractivity contribution is 5.97. The summed E-state index contributed by atoms with van der Waals surface area (Å²) >= 11 is 0. The number of amides is 1. The Labute approximate surface area is 159 Å². The summed E-state index contributed by atoms with van der Waals surface area (Å²) in [5.41, 5.74) is 1.29. The second kappa shape index (κ2) is 9.62. The zero-order chi connectivity index (χ0) is 19.8. The number of nitrogens with zero attached hydrogens (tertiary/aromatic N) is 1. The van der Waals surface area contributed by atoms with Crippen molar-refractivity contribution in [3.05, 3.63) is 59.7 Å². The number of hydrogen-bond acceptors (Lipinski definition) is 5. The Kier molecular flexibility index (Phi) is 7.23. The van der Waals surface area contributed by atoms with Gasteiger partial charge < -0.3 is 19.1 Å². The lowest BCUT2D eigenvalue weighted by Crippen LogP contribution is -2.43. The fraction of sp³-hybridized carbons (Fsp3) is 0.333. The highest BCUT2D eigenvalue weighted by Crippen LogP contribution is 2.25. The molecule has 1 amide bonds. The summed E-state index contributed by atoms with van der Waals surface area (Å²) in [5, 5.41) is 0. The first kappa shape index (κ1) is 20.3. The molecule has 2 rings (SSSR count). The average molecular weight is 371 g/mol. The van der Waals surface area contributed by atoms with Crippen LogP contribution in [0.1, 0.15) is 29.8 Å². The standard InChI is InChI=1S/C21H25NO5/c1-5-27-21(24)15(2)22(14-16-9-7-6-8-10-16)20(23)17-11-18(25-3)13-19(12-17)26-4/h6-13,15H,5,14H2,1-4H3. The average Bonchev–Trinajstić information content (AvgIpc) is 2.71. The van der Waals surface area contributed by atoms with Gasteiger partial charge in [0.1, 0.15) is 17.5 Å². The molecule has 2 aromatic carbocycles. The molecular weight excluding hydrogens is 346 g/mol. The highest BCUT2D eigenvalue weighted by atomic mass is 16.5. The number of rotatable bonds is 8. The first-order chi connectivity index (χ1) is 13.0. The molecule has 6 nitrogen and oxygen atoms in total. The molecule has 6 heteroatoms. The SMILES string of the molecule is CCOC(=O)C(C)N(Cc1ccccc1)C(=O)c1cc(OC)cc(OC)c1. The van der Waals surface area contributed by atoms with Gasteiger partial charge in [0.15, 0.2) is 0 Å². The molecule has 2 aromatic rings. The number of carbonyl (C=O) groups is 2. The van der Waals surface area contributed by atoms with Crippen LogP contribution in [0.5, 0.6) is 11.5 Å². The molecule has 0 aromatic heterocycles. The van der Waals surface area contributed by atoms with Gasteiger partial charge in [-0.1, -0.05) is 30.3 Å². The number of carbonyl (C=O) groups excluding carboxylic acids is 2. The van der Waals surface area contributed by atoms with Gasteiger partial charge in [-0.2, -0.15) is 0 Å². The number of esters is 1. The Morgan fingerprint density at radius 2 is 1.59 bits per heavy atom. The van der Waals surface area contributed by atoms with Crippen LogP contribution < -0.4 is 9.47 Å². The molecule has 0 spiro atoms. The summed E-state index contributed by atoms with van der Waals surface area (Å²) in [5.74, 6) is 0.246. The molecule has 0 N–H and O–H groups in total. The lowest BCUT2D eigenvalue weighted by Gasteiger charge is -2.28. The molecule has 0 radical (unpaired) electrons. The minimum absolute atomic E-state index is 0.253. The molecule has 0 aliphatic rings. The fourth-order valence-corrected chi connectivity index (χ4v) is 2.65. The molecule has 144 valence electrons. The summed E-state index contributed by atoms with van der Waals surface area (Å²) in [6.07, 6.45) is 0. The minimum Gasteiger partial charge on any atom is -0.497 e. The third kappa shape index (κ3) is 5.23. The van der Waals surface area contributed by atoms with Crippen LogP contribution in [0, 0.1) is 0 Å². The van der Waals surface area contributed by atoms with Crippen LogP contribution in [0.2, 0.25) is 0 Å². The van der Waals surface area contributed by atoms with Crippen molar-refractivity contribution in [1.82, 2.24) is 4.90 Å². The van der Waals surface area contributed by atoms with Crippen LogP contribution in [-0.4, -0.2) is 43.6 Å². The predicted molar refractivity (Wildman–Crippen MR) is 102 cm³/mol. The first-order valence-corrected chi connectivity index (χ1v) is 8.74. The number of hydrogen-bond donors (Lipinski definition) is 0. The molecule has 1 unspecified atom stereocenters. The third-order valence-corrected chi connectivity index (χ3v) is 4.15. The zero-order valence-corrected chi connectivity index (χ0v) is 16.1.